The third-order valence-electron chi connectivity index (χ3n) is 2.52. The molecule has 1 aliphatic rings. The van der Waals surface area contributed by atoms with Crippen LogP contribution < -0.4 is 4.74 Å². The predicted octanol–water partition coefficient (Wildman–Crippen LogP) is 2.72. The van der Waals surface area contributed by atoms with Gasteiger partial charge in [-0.05, 0) is 26.7 Å². The Hall–Kier alpha value is -1.27. The predicted molar refractivity (Wildman–Crippen MR) is 62.7 cm³/mol. The maximum absolute atomic E-state index is 6.03. The SMILES string of the molecule is C#CC(C)Oc1nc(C2CC2)nc(Cl)c1C. The first kappa shape index (κ1) is 11.2. The number of nitrogens with zero attached hydrogens (tertiary/aromatic N) is 2. The van der Waals surface area contributed by atoms with E-state index in [4.69, 9.17) is 22.8 Å². The van der Waals surface area contributed by atoms with Crippen LogP contribution in [0.2, 0.25) is 5.15 Å². The van der Waals surface area contributed by atoms with Gasteiger partial charge in [0.1, 0.15) is 11.0 Å². The molecule has 1 atom stereocenters. The zero-order valence-electron chi connectivity index (χ0n) is 9.33. The number of terminal acetylenes is 1. The van der Waals surface area contributed by atoms with Crippen molar-refractivity contribution < 1.29 is 4.74 Å². The largest absolute Gasteiger partial charge is 0.461 e. The second-order valence-electron chi connectivity index (χ2n) is 4.00. The number of hydrogen-bond acceptors (Lipinski definition) is 3. The first-order chi connectivity index (χ1) is 7.61. The van der Waals surface area contributed by atoms with Gasteiger partial charge in [-0.25, -0.2) is 4.98 Å². The summed E-state index contributed by atoms with van der Waals surface area (Å²) < 4.78 is 5.52. The third-order valence-corrected chi connectivity index (χ3v) is 2.89. The van der Waals surface area contributed by atoms with Gasteiger partial charge in [0.05, 0.1) is 0 Å². The van der Waals surface area contributed by atoms with Crippen molar-refractivity contribution in [2.45, 2.75) is 38.7 Å². The number of ether oxygens (including phenoxy) is 1. The summed E-state index contributed by atoms with van der Waals surface area (Å²) in [6.07, 6.45) is 7.22. The Balaban J connectivity index is 2.31. The van der Waals surface area contributed by atoms with Crippen molar-refractivity contribution in [2.75, 3.05) is 0 Å². The van der Waals surface area contributed by atoms with Crippen LogP contribution in [0.4, 0.5) is 0 Å². The minimum Gasteiger partial charge on any atom is -0.461 e. The van der Waals surface area contributed by atoms with Crippen molar-refractivity contribution in [3.8, 4) is 18.2 Å². The van der Waals surface area contributed by atoms with E-state index in [1.807, 2.05) is 6.92 Å². The molecule has 3 nitrogen and oxygen atoms in total. The second-order valence-corrected chi connectivity index (χ2v) is 4.36. The van der Waals surface area contributed by atoms with Gasteiger partial charge in [-0.15, -0.1) is 6.42 Å². The van der Waals surface area contributed by atoms with Crippen LogP contribution in [-0.4, -0.2) is 16.1 Å². The van der Waals surface area contributed by atoms with Crippen LogP contribution in [0.15, 0.2) is 0 Å². The van der Waals surface area contributed by atoms with Gasteiger partial charge in [-0.2, -0.15) is 4.98 Å². The van der Waals surface area contributed by atoms with Crippen molar-refractivity contribution in [1.29, 1.82) is 0 Å². The molecule has 1 aromatic rings. The van der Waals surface area contributed by atoms with Gasteiger partial charge in [0.25, 0.3) is 0 Å². The lowest BCUT2D eigenvalue weighted by molar-refractivity contribution is 0.264. The van der Waals surface area contributed by atoms with Crippen molar-refractivity contribution in [3.05, 3.63) is 16.5 Å². The summed E-state index contributed by atoms with van der Waals surface area (Å²) in [5.74, 6) is 4.22. The highest BCUT2D eigenvalue weighted by Gasteiger charge is 2.28. The molecule has 0 bridgehead atoms. The molecule has 1 fully saturated rings. The summed E-state index contributed by atoms with van der Waals surface area (Å²) in [5, 5.41) is 0.455. The summed E-state index contributed by atoms with van der Waals surface area (Å²) in [7, 11) is 0. The summed E-state index contributed by atoms with van der Waals surface area (Å²) >= 11 is 6.03. The fraction of sp³-hybridized carbons (Fsp3) is 0.500. The average molecular weight is 237 g/mol. The van der Waals surface area contributed by atoms with E-state index in [1.54, 1.807) is 6.92 Å². The molecule has 1 heterocycles. The Morgan fingerprint density at radius 2 is 2.19 bits per heavy atom. The molecular weight excluding hydrogens is 224 g/mol. The quantitative estimate of drug-likeness (QED) is 0.598. The van der Waals surface area contributed by atoms with Gasteiger partial charge in [0.2, 0.25) is 5.88 Å². The smallest absolute Gasteiger partial charge is 0.222 e. The van der Waals surface area contributed by atoms with Crippen LogP contribution in [-0.2, 0) is 0 Å². The number of hydrogen-bond donors (Lipinski definition) is 0. The lowest BCUT2D eigenvalue weighted by Gasteiger charge is -2.12. The summed E-state index contributed by atoms with van der Waals surface area (Å²) in [6, 6.07) is 0. The molecule has 0 radical (unpaired) electrons. The zero-order chi connectivity index (χ0) is 11.7. The third kappa shape index (κ3) is 2.28. The minimum absolute atomic E-state index is 0.309. The maximum atomic E-state index is 6.03. The van der Waals surface area contributed by atoms with Gasteiger partial charge >= 0.3 is 0 Å². The second kappa shape index (κ2) is 4.31. The van der Waals surface area contributed by atoms with E-state index in [9.17, 15) is 0 Å². The van der Waals surface area contributed by atoms with Crippen LogP contribution >= 0.6 is 11.6 Å². The summed E-state index contributed by atoms with van der Waals surface area (Å²) in [5.41, 5.74) is 0.744. The first-order valence-electron chi connectivity index (χ1n) is 5.28. The van der Waals surface area contributed by atoms with Gasteiger partial charge in [0, 0.05) is 11.5 Å². The van der Waals surface area contributed by atoms with E-state index < -0.39 is 0 Å². The molecule has 4 heteroatoms. The van der Waals surface area contributed by atoms with E-state index in [0.29, 0.717) is 17.0 Å². The van der Waals surface area contributed by atoms with Crippen molar-refractivity contribution in [1.82, 2.24) is 9.97 Å². The normalized spacial score (nSPS) is 16.6. The molecule has 0 aliphatic heterocycles. The van der Waals surface area contributed by atoms with Crippen molar-refractivity contribution >= 4 is 11.6 Å². The molecule has 84 valence electrons. The molecule has 1 unspecified atom stereocenters. The maximum Gasteiger partial charge on any atom is 0.222 e. The number of rotatable bonds is 3. The Kier molecular flexibility index (Phi) is 3.02. The number of halogens is 1. The van der Waals surface area contributed by atoms with Crippen molar-refractivity contribution in [3.63, 3.8) is 0 Å². The summed E-state index contributed by atoms with van der Waals surface area (Å²) in [6.45, 7) is 3.63. The molecule has 1 aliphatic carbocycles. The van der Waals surface area contributed by atoms with Crippen LogP contribution in [0.3, 0.4) is 0 Å². The molecular formula is C12H13ClN2O. The van der Waals surface area contributed by atoms with E-state index in [-0.39, 0.29) is 6.10 Å². The Morgan fingerprint density at radius 1 is 1.50 bits per heavy atom. The molecule has 0 spiro atoms. The Labute approximate surface area is 100 Å². The molecule has 0 amide bonds. The van der Waals surface area contributed by atoms with Crippen LogP contribution in [0.5, 0.6) is 5.88 Å². The molecule has 0 aromatic carbocycles. The lowest BCUT2D eigenvalue weighted by Crippen LogP contribution is -2.12. The van der Waals surface area contributed by atoms with E-state index in [1.165, 1.54) is 0 Å². The number of aromatic nitrogens is 2. The topological polar surface area (TPSA) is 35.0 Å². The molecule has 0 saturated heterocycles. The van der Waals surface area contributed by atoms with E-state index >= 15 is 0 Å². The minimum atomic E-state index is -0.309. The molecule has 0 N–H and O–H groups in total. The van der Waals surface area contributed by atoms with E-state index in [0.717, 1.165) is 24.2 Å². The highest BCUT2D eigenvalue weighted by molar-refractivity contribution is 6.30. The molecule has 1 saturated carbocycles. The highest BCUT2D eigenvalue weighted by atomic mass is 35.5. The Bertz CT molecular complexity index is 449. The van der Waals surface area contributed by atoms with Gasteiger partial charge in [0.15, 0.2) is 6.10 Å². The van der Waals surface area contributed by atoms with Gasteiger partial charge < -0.3 is 4.74 Å². The highest BCUT2D eigenvalue weighted by Crippen LogP contribution is 2.39. The van der Waals surface area contributed by atoms with Gasteiger partial charge in [-0.3, -0.25) is 0 Å². The standard InChI is InChI=1S/C12H13ClN2O/c1-4-7(2)16-12-8(3)10(13)14-11(15-12)9-5-6-9/h1,7,9H,5-6H2,2-3H3. The monoisotopic (exact) mass is 236 g/mol. The average Bonchev–Trinajstić information content (AvgIpc) is 3.07. The zero-order valence-corrected chi connectivity index (χ0v) is 10.1. The first-order valence-corrected chi connectivity index (χ1v) is 5.66. The fourth-order valence-corrected chi connectivity index (χ4v) is 1.49. The van der Waals surface area contributed by atoms with Crippen LogP contribution in [0.1, 0.15) is 37.1 Å². The molecule has 1 aromatic heterocycles. The fourth-order valence-electron chi connectivity index (χ4n) is 1.33. The lowest BCUT2D eigenvalue weighted by atomic mass is 10.3. The Morgan fingerprint density at radius 3 is 2.75 bits per heavy atom. The van der Waals surface area contributed by atoms with E-state index in [2.05, 4.69) is 15.9 Å². The van der Waals surface area contributed by atoms with Crippen molar-refractivity contribution in [2.24, 2.45) is 0 Å². The van der Waals surface area contributed by atoms with Gasteiger partial charge in [-0.1, -0.05) is 17.5 Å². The molecule has 2 rings (SSSR count). The van der Waals surface area contributed by atoms with Crippen LogP contribution in [0, 0.1) is 19.3 Å². The van der Waals surface area contributed by atoms with Crippen LogP contribution in [0.25, 0.3) is 0 Å². The summed E-state index contributed by atoms with van der Waals surface area (Å²) in [4.78, 5) is 8.62. The molecule has 16 heavy (non-hydrogen) atoms.